The van der Waals surface area contributed by atoms with E-state index in [1.807, 2.05) is 0 Å². The first-order valence-corrected chi connectivity index (χ1v) is 18.0. The first-order chi connectivity index (χ1) is 28.1. The lowest BCUT2D eigenvalue weighted by Crippen LogP contribution is -2.68. The normalized spacial score (nSPS) is 16.3. The summed E-state index contributed by atoms with van der Waals surface area (Å²) in [4.78, 5) is 103. The standard InChI is InChI=1S/C35H35N9O14S/c1-21(45)41(28-15-39(16-28)31(46)30-14-29(59)17-40(30)35(49)58-20-24-6-12-27(13-7-24)44(54)55)38-32(36-33(47)56-18-22-2-8-25(9-3-22)42(50)51)37-34(48)57-19-23-4-10-26(11-5-23)43(52)53/h2-13,28-30,59H,14-20H2,1H3,(H2,36,37,38,47,48)/t29-,30-/m0/s1. The Morgan fingerprint density at radius 2 is 1.20 bits per heavy atom. The lowest BCUT2D eigenvalue weighted by molar-refractivity contribution is -0.385. The Kier molecular flexibility index (Phi) is 13.9. The smallest absolute Gasteiger partial charge is 0.437 e. The van der Waals surface area contributed by atoms with E-state index in [1.165, 1.54) is 89.5 Å². The molecule has 2 fully saturated rings. The van der Waals surface area contributed by atoms with Crippen LogP contribution in [0, 0.1) is 30.3 Å². The molecule has 3 aromatic rings. The molecule has 24 heteroatoms. The summed E-state index contributed by atoms with van der Waals surface area (Å²) in [6, 6.07) is 14.0. The monoisotopic (exact) mass is 837 g/mol. The highest BCUT2D eigenvalue weighted by Crippen LogP contribution is 2.27. The van der Waals surface area contributed by atoms with Crippen LogP contribution in [-0.4, -0.2) is 103 Å². The van der Waals surface area contributed by atoms with Gasteiger partial charge in [0.15, 0.2) is 0 Å². The molecule has 310 valence electrons. The number of carbonyl (C=O) groups excluding carboxylic acids is 5. The van der Waals surface area contributed by atoms with E-state index in [2.05, 4.69) is 28.4 Å². The molecule has 2 heterocycles. The molecule has 0 radical (unpaired) electrons. The van der Waals surface area contributed by atoms with Crippen LogP contribution in [0.4, 0.5) is 31.4 Å². The van der Waals surface area contributed by atoms with Gasteiger partial charge in [-0.05, 0) is 59.5 Å². The Hall–Kier alpha value is -7.37. The van der Waals surface area contributed by atoms with Crippen molar-refractivity contribution >= 4 is 65.7 Å². The van der Waals surface area contributed by atoms with Crippen LogP contribution in [-0.2, 0) is 43.6 Å². The largest absolute Gasteiger partial charge is 0.445 e. The van der Waals surface area contributed by atoms with Crippen LogP contribution in [0.15, 0.2) is 77.8 Å². The Morgan fingerprint density at radius 3 is 1.66 bits per heavy atom. The molecule has 2 atom stereocenters. The highest BCUT2D eigenvalue weighted by atomic mass is 32.1. The highest BCUT2D eigenvalue weighted by Gasteiger charge is 2.45. The van der Waals surface area contributed by atoms with Gasteiger partial charge in [0.05, 0.1) is 20.8 Å². The molecule has 2 N–H and O–H groups in total. The zero-order valence-corrected chi connectivity index (χ0v) is 31.8. The molecule has 0 bridgehead atoms. The molecular formula is C35H35N9O14S. The molecule has 2 aliphatic rings. The molecule has 0 aliphatic carbocycles. The van der Waals surface area contributed by atoms with Gasteiger partial charge in [0.25, 0.3) is 17.1 Å². The van der Waals surface area contributed by atoms with Crippen molar-refractivity contribution in [1.82, 2.24) is 25.6 Å². The number of alkyl carbamates (subject to hydrolysis) is 1. The summed E-state index contributed by atoms with van der Waals surface area (Å²) < 4.78 is 15.7. The number of nitro groups is 3. The number of thiol groups is 1. The number of guanidine groups is 1. The van der Waals surface area contributed by atoms with Gasteiger partial charge in [0.2, 0.25) is 17.8 Å². The van der Waals surface area contributed by atoms with Crippen LogP contribution in [0.1, 0.15) is 30.0 Å². The van der Waals surface area contributed by atoms with Crippen molar-refractivity contribution in [2.75, 3.05) is 19.6 Å². The van der Waals surface area contributed by atoms with E-state index < -0.39 is 62.9 Å². The number of hydrogen-bond donors (Lipinski definition) is 3. The van der Waals surface area contributed by atoms with Crippen molar-refractivity contribution in [3.8, 4) is 0 Å². The number of carbonyl (C=O) groups is 5. The predicted octanol–water partition coefficient (Wildman–Crippen LogP) is 3.60. The van der Waals surface area contributed by atoms with Gasteiger partial charge in [0, 0.05) is 68.2 Å². The molecule has 2 saturated heterocycles. The number of non-ortho nitro benzene ring substituents is 3. The Balaban J connectivity index is 1.22. The molecule has 0 unspecified atom stereocenters. The number of nitrogens with zero attached hydrogens (tertiary/aromatic N) is 7. The summed E-state index contributed by atoms with van der Waals surface area (Å²) in [5, 5.41) is 35.7. The zero-order chi connectivity index (χ0) is 42.8. The van der Waals surface area contributed by atoms with Gasteiger partial charge in [-0.3, -0.25) is 55.6 Å². The molecule has 0 aromatic heterocycles. The van der Waals surface area contributed by atoms with Crippen LogP contribution in [0.3, 0.4) is 0 Å². The lowest BCUT2D eigenvalue weighted by atomic mass is 10.1. The first-order valence-electron chi connectivity index (χ1n) is 17.4. The molecule has 5 amide bonds. The van der Waals surface area contributed by atoms with Crippen LogP contribution < -0.4 is 10.7 Å². The molecule has 0 spiro atoms. The molecule has 59 heavy (non-hydrogen) atoms. The average molecular weight is 838 g/mol. The summed E-state index contributed by atoms with van der Waals surface area (Å²) in [5.74, 6) is -1.70. The second-order valence-electron chi connectivity index (χ2n) is 13.0. The van der Waals surface area contributed by atoms with Crippen molar-refractivity contribution < 1.29 is 53.0 Å². The lowest BCUT2D eigenvalue weighted by Gasteiger charge is -2.46. The molecule has 2 aliphatic heterocycles. The van der Waals surface area contributed by atoms with Crippen LogP contribution in [0.25, 0.3) is 0 Å². The summed E-state index contributed by atoms with van der Waals surface area (Å²) in [6.07, 6.45) is -3.00. The van der Waals surface area contributed by atoms with Crippen molar-refractivity contribution in [3.05, 3.63) is 120 Å². The maximum atomic E-state index is 13.6. The van der Waals surface area contributed by atoms with Gasteiger partial charge in [0.1, 0.15) is 25.9 Å². The number of amides is 5. The van der Waals surface area contributed by atoms with Gasteiger partial charge in [-0.1, -0.05) is 0 Å². The molecule has 3 aromatic carbocycles. The second kappa shape index (κ2) is 19.2. The molecule has 23 nitrogen and oxygen atoms in total. The minimum absolute atomic E-state index is 0.0483. The Bertz CT molecular complexity index is 2130. The number of likely N-dealkylation sites (tertiary alicyclic amines) is 2. The number of benzene rings is 3. The van der Waals surface area contributed by atoms with Crippen LogP contribution >= 0.6 is 12.6 Å². The number of ether oxygens (including phenoxy) is 3. The maximum Gasteiger partial charge on any atom is 0.437 e. The van der Waals surface area contributed by atoms with Crippen molar-refractivity contribution in [3.63, 3.8) is 0 Å². The fourth-order valence-electron chi connectivity index (χ4n) is 5.80. The minimum Gasteiger partial charge on any atom is -0.445 e. The number of hydrazine groups is 1. The van der Waals surface area contributed by atoms with Gasteiger partial charge >= 0.3 is 18.3 Å². The topological polar surface area (TPSA) is 289 Å². The van der Waals surface area contributed by atoms with E-state index in [-0.39, 0.29) is 68.2 Å². The van der Waals surface area contributed by atoms with Crippen molar-refractivity contribution in [2.24, 2.45) is 4.99 Å². The second-order valence-corrected chi connectivity index (χ2v) is 13.7. The molecule has 0 saturated carbocycles. The Morgan fingerprint density at radius 1 is 0.746 bits per heavy atom. The average Bonchev–Trinajstić information content (AvgIpc) is 3.59. The fourth-order valence-corrected chi connectivity index (χ4v) is 6.18. The van der Waals surface area contributed by atoms with Gasteiger partial charge in [-0.2, -0.15) is 12.6 Å². The van der Waals surface area contributed by atoms with Gasteiger partial charge in [-0.25, -0.2) is 19.4 Å². The van der Waals surface area contributed by atoms with E-state index in [0.29, 0.717) is 16.7 Å². The summed E-state index contributed by atoms with van der Waals surface area (Å²) in [5.41, 5.74) is 3.30. The summed E-state index contributed by atoms with van der Waals surface area (Å²) in [7, 11) is 0. The highest BCUT2D eigenvalue weighted by molar-refractivity contribution is 7.81. The molecular weight excluding hydrogens is 803 g/mol. The third-order valence-corrected chi connectivity index (χ3v) is 9.24. The van der Waals surface area contributed by atoms with E-state index in [9.17, 15) is 54.3 Å². The maximum absolute atomic E-state index is 13.6. The van der Waals surface area contributed by atoms with Crippen molar-refractivity contribution in [1.29, 1.82) is 0 Å². The zero-order valence-electron chi connectivity index (χ0n) is 30.9. The fraction of sp³-hybridized carbons (Fsp3) is 0.314. The summed E-state index contributed by atoms with van der Waals surface area (Å²) in [6.45, 7) is 0.241. The number of nitro benzene ring substituents is 3. The van der Waals surface area contributed by atoms with Gasteiger partial charge in [-0.15, -0.1) is 4.99 Å². The van der Waals surface area contributed by atoms with E-state index in [1.54, 1.807) is 0 Å². The third-order valence-electron chi connectivity index (χ3n) is 8.86. The summed E-state index contributed by atoms with van der Waals surface area (Å²) >= 11 is 4.46. The van der Waals surface area contributed by atoms with Crippen molar-refractivity contribution in [2.45, 2.75) is 50.5 Å². The van der Waals surface area contributed by atoms with E-state index in [0.717, 1.165) is 5.01 Å². The van der Waals surface area contributed by atoms with E-state index >= 15 is 0 Å². The first kappa shape index (κ1) is 42.8. The van der Waals surface area contributed by atoms with Gasteiger partial charge < -0.3 is 19.1 Å². The minimum atomic E-state index is -1.25. The number of rotatable bonds is 11. The third kappa shape index (κ3) is 11.6. The SMILES string of the molecule is CC(=O)N(NC(=NC(=O)OCc1ccc([N+](=O)[O-])cc1)NC(=O)OCc1ccc([N+](=O)[O-])cc1)C1CN(C(=O)[C@@H]2C[C@H](S)CN2C(=O)OCc2ccc([N+](=O)[O-])cc2)C1. The number of aliphatic imine (C=N–C) groups is 1. The predicted molar refractivity (Wildman–Crippen MR) is 204 cm³/mol. The number of nitrogens with one attached hydrogen (secondary N) is 2. The number of hydrogen-bond acceptors (Lipinski definition) is 15. The van der Waals surface area contributed by atoms with Crippen LogP contribution in [0.5, 0.6) is 0 Å². The van der Waals surface area contributed by atoms with E-state index in [4.69, 9.17) is 14.2 Å². The Labute approximate surface area is 338 Å². The van der Waals surface area contributed by atoms with Crippen LogP contribution in [0.2, 0.25) is 0 Å². The quantitative estimate of drug-likeness (QED) is 0.0621. The molecule has 5 rings (SSSR count).